The van der Waals surface area contributed by atoms with Crippen molar-refractivity contribution in [2.45, 2.75) is 24.7 Å². The van der Waals surface area contributed by atoms with Crippen molar-refractivity contribution in [2.24, 2.45) is 4.99 Å². The molecule has 0 fully saturated rings. The summed E-state index contributed by atoms with van der Waals surface area (Å²) in [5, 5.41) is 10.5. The molecule has 0 saturated carbocycles. The lowest BCUT2D eigenvalue weighted by Gasteiger charge is -2.20. The number of hydrogen-bond donors (Lipinski definition) is 2. The Morgan fingerprint density at radius 3 is 1.91 bits per heavy atom. The lowest BCUT2D eigenvalue weighted by molar-refractivity contribution is -0.192. The molecule has 0 amide bonds. The number of rotatable bonds is 4. The molecule has 2 atom stereocenters. The van der Waals surface area contributed by atoms with E-state index < -0.39 is 12.1 Å². The molecule has 34 heavy (non-hydrogen) atoms. The first-order valence-electron chi connectivity index (χ1n) is 9.91. The van der Waals surface area contributed by atoms with Gasteiger partial charge in [-0.2, -0.15) is 13.2 Å². The second-order valence-electron chi connectivity index (χ2n) is 7.36. The normalized spacial score (nSPS) is 17.3. The minimum absolute atomic E-state index is 0.296. The van der Waals surface area contributed by atoms with Gasteiger partial charge in [-0.25, -0.2) is 18.0 Å². The van der Waals surface area contributed by atoms with Crippen LogP contribution in [0.4, 0.5) is 26.3 Å². The van der Waals surface area contributed by atoms with E-state index in [-0.39, 0.29) is 29.5 Å². The minimum atomic E-state index is -5.08. The highest BCUT2D eigenvalue weighted by Crippen LogP contribution is 2.37. The Hall–Kier alpha value is -3.82. The van der Waals surface area contributed by atoms with Crippen LogP contribution in [0, 0.1) is 17.5 Å². The lowest BCUT2D eigenvalue weighted by Crippen LogP contribution is -2.25. The number of carbonyl (C=O) groups is 1. The zero-order valence-corrected chi connectivity index (χ0v) is 17.4. The molecule has 3 aromatic carbocycles. The molecule has 0 spiro atoms. The van der Waals surface area contributed by atoms with Crippen molar-refractivity contribution in [1.82, 2.24) is 5.32 Å². The van der Waals surface area contributed by atoms with E-state index in [1.807, 2.05) is 12.1 Å². The summed E-state index contributed by atoms with van der Waals surface area (Å²) in [6.45, 7) is 0. The number of amidine groups is 1. The summed E-state index contributed by atoms with van der Waals surface area (Å²) in [6.07, 6.45) is -4.60. The number of halogens is 6. The summed E-state index contributed by atoms with van der Waals surface area (Å²) in [6, 6.07) is 18.1. The zero-order valence-electron chi connectivity index (χ0n) is 17.4. The number of carboxylic acid groups (broad SMARTS) is 1. The van der Waals surface area contributed by atoms with Crippen molar-refractivity contribution in [3.8, 4) is 0 Å². The highest BCUT2D eigenvalue weighted by atomic mass is 19.4. The molecule has 2 N–H and O–H groups in total. The van der Waals surface area contributed by atoms with E-state index in [1.54, 1.807) is 24.3 Å². The number of nitrogens with zero attached hydrogens (tertiary/aromatic N) is 1. The Morgan fingerprint density at radius 1 is 0.853 bits per heavy atom. The van der Waals surface area contributed by atoms with Crippen molar-refractivity contribution in [3.05, 3.63) is 107 Å². The molecular weight excluding hydrogens is 462 g/mol. The van der Waals surface area contributed by atoms with Crippen molar-refractivity contribution >= 4 is 11.8 Å². The van der Waals surface area contributed by atoms with Crippen LogP contribution in [0.2, 0.25) is 0 Å². The average Bonchev–Trinajstić information content (AvgIpc) is 3.19. The second kappa shape index (κ2) is 10.4. The van der Waals surface area contributed by atoms with Crippen LogP contribution in [-0.4, -0.2) is 23.1 Å². The van der Waals surface area contributed by atoms with Crippen molar-refractivity contribution < 1.29 is 36.2 Å². The molecule has 0 aromatic heterocycles. The van der Waals surface area contributed by atoms with Gasteiger partial charge in [0.1, 0.15) is 29.3 Å². The SMILES string of the molecule is Fc1ccc(CC2=N[C@@H](c3cccc(F)c3)[C@@H](c3cccc(F)c3)N2)cc1.O=C(O)C(F)(F)F. The van der Waals surface area contributed by atoms with Crippen molar-refractivity contribution in [3.63, 3.8) is 0 Å². The Balaban J connectivity index is 0.000000406. The quantitative estimate of drug-likeness (QED) is 0.467. The van der Waals surface area contributed by atoms with Crippen LogP contribution in [0.25, 0.3) is 0 Å². The van der Waals surface area contributed by atoms with Crippen molar-refractivity contribution in [1.29, 1.82) is 0 Å². The Morgan fingerprint density at radius 2 is 1.38 bits per heavy atom. The van der Waals surface area contributed by atoms with Gasteiger partial charge in [-0.15, -0.1) is 0 Å². The molecule has 1 heterocycles. The molecule has 1 aliphatic heterocycles. The van der Waals surface area contributed by atoms with Gasteiger partial charge >= 0.3 is 12.1 Å². The number of alkyl halides is 3. The third kappa shape index (κ3) is 6.60. The van der Waals surface area contributed by atoms with E-state index >= 15 is 0 Å². The first kappa shape index (κ1) is 24.8. The highest BCUT2D eigenvalue weighted by Gasteiger charge is 2.38. The number of aliphatic imine (C=N–C) groups is 1. The molecule has 0 aliphatic carbocycles. The summed E-state index contributed by atoms with van der Waals surface area (Å²) in [5.74, 6) is -3.03. The van der Waals surface area contributed by atoms with Gasteiger partial charge in [0.2, 0.25) is 0 Å². The molecule has 0 radical (unpaired) electrons. The molecule has 4 nitrogen and oxygen atoms in total. The maximum absolute atomic E-state index is 13.7. The van der Waals surface area contributed by atoms with Crippen LogP contribution in [-0.2, 0) is 11.2 Å². The Labute approximate surface area is 190 Å². The molecule has 10 heteroatoms. The van der Waals surface area contributed by atoms with Gasteiger partial charge in [-0.05, 0) is 53.1 Å². The fraction of sp³-hybridized carbons (Fsp3) is 0.167. The Bertz CT molecular complexity index is 1180. The summed E-state index contributed by atoms with van der Waals surface area (Å²) < 4.78 is 72.3. The van der Waals surface area contributed by atoms with E-state index in [0.717, 1.165) is 11.1 Å². The van der Waals surface area contributed by atoms with E-state index in [0.29, 0.717) is 17.8 Å². The maximum Gasteiger partial charge on any atom is 0.490 e. The smallest absolute Gasteiger partial charge is 0.475 e. The molecule has 4 rings (SSSR count). The van der Waals surface area contributed by atoms with Gasteiger partial charge in [-0.1, -0.05) is 36.4 Å². The number of hydrogen-bond acceptors (Lipinski definition) is 3. The first-order valence-corrected chi connectivity index (χ1v) is 9.91. The van der Waals surface area contributed by atoms with Crippen LogP contribution in [0.15, 0.2) is 77.8 Å². The van der Waals surface area contributed by atoms with Gasteiger partial charge in [0.15, 0.2) is 0 Å². The average molecular weight is 480 g/mol. The summed E-state index contributed by atoms with van der Waals surface area (Å²) in [5.41, 5.74) is 2.36. The van der Waals surface area contributed by atoms with Gasteiger partial charge < -0.3 is 10.4 Å². The predicted molar refractivity (Wildman–Crippen MR) is 113 cm³/mol. The van der Waals surface area contributed by atoms with Crippen molar-refractivity contribution in [2.75, 3.05) is 0 Å². The molecular formula is C24H18F6N2O2. The van der Waals surface area contributed by atoms with Crippen LogP contribution in [0.1, 0.15) is 28.8 Å². The third-order valence-electron chi connectivity index (χ3n) is 4.86. The summed E-state index contributed by atoms with van der Waals surface area (Å²) in [4.78, 5) is 13.6. The topological polar surface area (TPSA) is 61.7 Å². The fourth-order valence-electron chi connectivity index (χ4n) is 3.35. The zero-order chi connectivity index (χ0) is 24.9. The second-order valence-corrected chi connectivity index (χ2v) is 7.36. The predicted octanol–water partition coefficient (Wildman–Crippen LogP) is 5.76. The largest absolute Gasteiger partial charge is 0.490 e. The maximum atomic E-state index is 13.7. The molecule has 0 unspecified atom stereocenters. The van der Waals surface area contributed by atoms with Gasteiger partial charge in [-0.3, -0.25) is 4.99 Å². The number of nitrogens with one attached hydrogen (secondary N) is 1. The number of carboxylic acids is 1. The number of aliphatic carboxylic acids is 1. The van der Waals surface area contributed by atoms with Crippen LogP contribution in [0.5, 0.6) is 0 Å². The third-order valence-corrected chi connectivity index (χ3v) is 4.86. The van der Waals surface area contributed by atoms with E-state index in [4.69, 9.17) is 14.9 Å². The van der Waals surface area contributed by atoms with Gasteiger partial charge in [0, 0.05) is 6.42 Å². The molecule has 178 valence electrons. The standard InChI is InChI=1S/C22H17F3N2.C2HF3O2/c23-17-9-7-14(8-10-17)11-20-26-21(15-3-1-5-18(24)12-15)22(27-20)16-4-2-6-19(25)13-16;3-2(4,5)1(6)7/h1-10,12-13,21-22H,11H2,(H,26,27);(H,6,7)/t21-,22+;. The lowest BCUT2D eigenvalue weighted by atomic mass is 9.95. The number of benzene rings is 3. The molecule has 1 aliphatic rings. The minimum Gasteiger partial charge on any atom is -0.475 e. The van der Waals surface area contributed by atoms with E-state index in [2.05, 4.69) is 5.32 Å². The fourth-order valence-corrected chi connectivity index (χ4v) is 3.35. The molecule has 0 saturated heterocycles. The van der Waals surface area contributed by atoms with Crippen LogP contribution < -0.4 is 5.32 Å². The van der Waals surface area contributed by atoms with Crippen LogP contribution in [0.3, 0.4) is 0 Å². The van der Waals surface area contributed by atoms with E-state index in [1.165, 1.54) is 36.4 Å². The summed E-state index contributed by atoms with van der Waals surface area (Å²) >= 11 is 0. The molecule has 3 aromatic rings. The Kier molecular flexibility index (Phi) is 7.60. The van der Waals surface area contributed by atoms with Gasteiger partial charge in [0.25, 0.3) is 0 Å². The van der Waals surface area contributed by atoms with E-state index in [9.17, 15) is 26.3 Å². The first-order chi connectivity index (χ1) is 16.0. The van der Waals surface area contributed by atoms with Gasteiger partial charge in [0.05, 0.1) is 6.04 Å². The van der Waals surface area contributed by atoms with Crippen LogP contribution >= 0.6 is 0 Å². The summed E-state index contributed by atoms with van der Waals surface area (Å²) in [7, 11) is 0. The molecule has 0 bridgehead atoms. The monoisotopic (exact) mass is 480 g/mol. The highest BCUT2D eigenvalue weighted by molar-refractivity contribution is 5.87.